The minimum Gasteiger partial charge on any atom is -0.356 e. The zero-order valence-electron chi connectivity index (χ0n) is 19.3. The lowest BCUT2D eigenvalue weighted by Crippen LogP contribution is -2.36. The van der Waals surface area contributed by atoms with Gasteiger partial charge in [-0.1, -0.05) is 81.4 Å². The SMILES string of the molecule is CC(C)(C)c1cc(N2CCC(Cc3ccccc3)CC2)n2ncc(-c3ccccc3)c2n1. The lowest BCUT2D eigenvalue weighted by Gasteiger charge is -2.34. The van der Waals surface area contributed by atoms with Crippen molar-refractivity contribution in [3.8, 4) is 11.1 Å². The molecule has 0 aliphatic carbocycles. The first-order chi connectivity index (χ1) is 15.5. The molecule has 1 fully saturated rings. The lowest BCUT2D eigenvalue weighted by molar-refractivity contribution is 0.400. The summed E-state index contributed by atoms with van der Waals surface area (Å²) in [4.78, 5) is 7.59. The van der Waals surface area contributed by atoms with Crippen LogP contribution in [0.5, 0.6) is 0 Å². The van der Waals surface area contributed by atoms with E-state index in [4.69, 9.17) is 10.1 Å². The molecule has 0 bridgehead atoms. The molecule has 5 rings (SSSR count). The summed E-state index contributed by atoms with van der Waals surface area (Å²) in [5, 5.41) is 4.79. The van der Waals surface area contributed by atoms with Crippen LogP contribution in [0.1, 0.15) is 44.9 Å². The fourth-order valence-electron chi connectivity index (χ4n) is 4.69. The molecule has 3 heterocycles. The van der Waals surface area contributed by atoms with Crippen molar-refractivity contribution >= 4 is 11.5 Å². The first-order valence-electron chi connectivity index (χ1n) is 11.7. The third kappa shape index (κ3) is 4.14. The van der Waals surface area contributed by atoms with E-state index in [0.29, 0.717) is 0 Å². The van der Waals surface area contributed by atoms with Crippen LogP contribution < -0.4 is 4.90 Å². The van der Waals surface area contributed by atoms with Crippen LogP contribution >= 0.6 is 0 Å². The molecule has 0 spiro atoms. The highest BCUT2D eigenvalue weighted by Crippen LogP contribution is 2.33. The Bertz CT molecular complexity index is 1180. The van der Waals surface area contributed by atoms with E-state index in [1.54, 1.807) is 0 Å². The van der Waals surface area contributed by atoms with Gasteiger partial charge in [-0.15, -0.1) is 0 Å². The average Bonchev–Trinajstić information content (AvgIpc) is 3.24. The monoisotopic (exact) mass is 424 g/mol. The van der Waals surface area contributed by atoms with Crippen molar-refractivity contribution in [1.82, 2.24) is 14.6 Å². The van der Waals surface area contributed by atoms with E-state index in [2.05, 4.69) is 90.9 Å². The third-order valence-corrected chi connectivity index (χ3v) is 6.61. The molecule has 2 aromatic heterocycles. The van der Waals surface area contributed by atoms with Gasteiger partial charge in [-0.3, -0.25) is 0 Å². The zero-order valence-corrected chi connectivity index (χ0v) is 19.3. The molecular weight excluding hydrogens is 392 g/mol. The summed E-state index contributed by atoms with van der Waals surface area (Å²) in [5.74, 6) is 1.91. The molecule has 0 N–H and O–H groups in total. The molecule has 1 aliphatic rings. The highest BCUT2D eigenvalue weighted by Gasteiger charge is 2.26. The molecule has 1 saturated heterocycles. The summed E-state index contributed by atoms with van der Waals surface area (Å²) in [6, 6.07) is 23.6. The van der Waals surface area contributed by atoms with E-state index < -0.39 is 0 Å². The second kappa shape index (κ2) is 8.42. The Kier molecular flexibility index (Phi) is 5.46. The van der Waals surface area contributed by atoms with Crippen molar-refractivity contribution in [2.45, 2.75) is 45.4 Å². The zero-order chi connectivity index (χ0) is 22.1. The largest absolute Gasteiger partial charge is 0.356 e. The Morgan fingerprint density at radius 1 is 0.906 bits per heavy atom. The van der Waals surface area contributed by atoms with Crippen molar-refractivity contribution in [3.05, 3.63) is 84.2 Å². The highest BCUT2D eigenvalue weighted by atomic mass is 15.3. The Hall–Kier alpha value is -3.14. The van der Waals surface area contributed by atoms with E-state index in [1.165, 1.54) is 30.6 Å². The van der Waals surface area contributed by atoms with E-state index in [1.807, 2.05) is 12.3 Å². The number of rotatable bonds is 4. The predicted molar refractivity (Wildman–Crippen MR) is 132 cm³/mol. The minimum atomic E-state index is -0.0274. The summed E-state index contributed by atoms with van der Waals surface area (Å²) in [6.45, 7) is 8.82. The number of nitrogens with zero attached hydrogens (tertiary/aromatic N) is 4. The maximum absolute atomic E-state index is 5.08. The van der Waals surface area contributed by atoms with Gasteiger partial charge in [0.2, 0.25) is 0 Å². The number of hydrogen-bond acceptors (Lipinski definition) is 3. The molecule has 1 aliphatic heterocycles. The number of piperidine rings is 1. The van der Waals surface area contributed by atoms with Crippen molar-refractivity contribution in [2.75, 3.05) is 18.0 Å². The van der Waals surface area contributed by atoms with Gasteiger partial charge in [-0.2, -0.15) is 9.61 Å². The van der Waals surface area contributed by atoms with E-state index in [9.17, 15) is 0 Å². The van der Waals surface area contributed by atoms with Gasteiger partial charge in [-0.05, 0) is 36.3 Å². The van der Waals surface area contributed by atoms with Crippen molar-refractivity contribution in [3.63, 3.8) is 0 Å². The Morgan fingerprint density at radius 3 is 2.22 bits per heavy atom. The topological polar surface area (TPSA) is 33.4 Å². The summed E-state index contributed by atoms with van der Waals surface area (Å²) in [5.41, 5.74) is 5.74. The molecule has 0 amide bonds. The van der Waals surface area contributed by atoms with Gasteiger partial charge in [-0.25, -0.2) is 4.98 Å². The number of fused-ring (bicyclic) bond motifs is 1. The predicted octanol–water partition coefficient (Wildman–Crippen LogP) is 6.15. The maximum atomic E-state index is 5.08. The standard InChI is InChI=1S/C28H32N4/c1-28(2,3)25-19-26(31-16-14-22(15-17-31)18-21-10-6-4-7-11-21)32-27(30-25)24(20-29-32)23-12-8-5-9-13-23/h4-13,19-20,22H,14-18H2,1-3H3. The molecule has 4 aromatic rings. The highest BCUT2D eigenvalue weighted by molar-refractivity contribution is 5.78. The van der Waals surface area contributed by atoms with Crippen molar-refractivity contribution in [2.24, 2.45) is 5.92 Å². The first-order valence-corrected chi connectivity index (χ1v) is 11.7. The van der Waals surface area contributed by atoms with E-state index in [0.717, 1.165) is 41.5 Å². The smallest absolute Gasteiger partial charge is 0.165 e. The van der Waals surface area contributed by atoms with Gasteiger partial charge in [0.25, 0.3) is 0 Å². The van der Waals surface area contributed by atoms with E-state index >= 15 is 0 Å². The number of benzene rings is 2. The van der Waals surface area contributed by atoms with Gasteiger partial charge >= 0.3 is 0 Å². The van der Waals surface area contributed by atoms with Crippen LogP contribution in [-0.4, -0.2) is 27.7 Å². The van der Waals surface area contributed by atoms with Gasteiger partial charge < -0.3 is 4.90 Å². The normalized spacial score (nSPS) is 15.4. The molecule has 0 unspecified atom stereocenters. The minimum absolute atomic E-state index is 0.0274. The Balaban J connectivity index is 1.46. The van der Waals surface area contributed by atoms with Crippen LogP contribution in [0.25, 0.3) is 16.8 Å². The van der Waals surface area contributed by atoms with E-state index in [-0.39, 0.29) is 5.41 Å². The first kappa shape index (κ1) is 20.7. The van der Waals surface area contributed by atoms with Gasteiger partial charge in [0.05, 0.1) is 11.9 Å². The molecule has 0 atom stereocenters. The second-order valence-corrected chi connectivity index (χ2v) is 10.0. The fraction of sp³-hybridized carbons (Fsp3) is 0.357. The average molecular weight is 425 g/mol. The number of anilines is 1. The van der Waals surface area contributed by atoms with Gasteiger partial charge in [0, 0.05) is 30.1 Å². The molecule has 4 heteroatoms. The number of hydrogen-bond donors (Lipinski definition) is 0. The summed E-state index contributed by atoms with van der Waals surface area (Å²) >= 11 is 0. The quantitative estimate of drug-likeness (QED) is 0.394. The van der Waals surface area contributed by atoms with Crippen LogP contribution in [0, 0.1) is 5.92 Å². The third-order valence-electron chi connectivity index (χ3n) is 6.61. The van der Waals surface area contributed by atoms with Gasteiger partial charge in [0.15, 0.2) is 5.65 Å². The van der Waals surface area contributed by atoms with Crippen LogP contribution in [-0.2, 0) is 11.8 Å². The van der Waals surface area contributed by atoms with Crippen molar-refractivity contribution < 1.29 is 0 Å². The molecular formula is C28H32N4. The number of aromatic nitrogens is 3. The maximum Gasteiger partial charge on any atom is 0.165 e. The molecule has 32 heavy (non-hydrogen) atoms. The summed E-state index contributed by atoms with van der Waals surface area (Å²) < 4.78 is 2.05. The van der Waals surface area contributed by atoms with Crippen LogP contribution in [0.15, 0.2) is 72.9 Å². The fourth-order valence-corrected chi connectivity index (χ4v) is 4.69. The molecule has 2 aromatic carbocycles. The molecule has 0 radical (unpaired) electrons. The molecule has 0 saturated carbocycles. The molecule has 4 nitrogen and oxygen atoms in total. The second-order valence-electron chi connectivity index (χ2n) is 10.0. The van der Waals surface area contributed by atoms with Crippen LogP contribution in [0.4, 0.5) is 5.82 Å². The summed E-state index contributed by atoms with van der Waals surface area (Å²) in [6.07, 6.45) is 5.55. The Labute approximate surface area is 190 Å². The van der Waals surface area contributed by atoms with Gasteiger partial charge in [0.1, 0.15) is 5.82 Å². The van der Waals surface area contributed by atoms with Crippen molar-refractivity contribution in [1.29, 1.82) is 0 Å². The summed E-state index contributed by atoms with van der Waals surface area (Å²) in [7, 11) is 0. The molecule has 164 valence electrons. The lowest BCUT2D eigenvalue weighted by atomic mass is 9.89. The van der Waals surface area contributed by atoms with Crippen LogP contribution in [0.2, 0.25) is 0 Å². The van der Waals surface area contributed by atoms with Crippen LogP contribution in [0.3, 0.4) is 0 Å². The Morgan fingerprint density at radius 2 is 1.56 bits per heavy atom.